The number of nitrogens with one attached hydrogen (secondary N) is 2. The third-order valence-electron chi connectivity index (χ3n) is 4.36. The fraction of sp³-hybridized carbons (Fsp3) is 0.400. The summed E-state index contributed by atoms with van der Waals surface area (Å²) in [5, 5.41) is 6.71. The second kappa shape index (κ2) is 10.7. The topological polar surface area (TPSA) is 79.9 Å². The molecule has 0 radical (unpaired) electrons. The summed E-state index contributed by atoms with van der Waals surface area (Å²) in [4.78, 5) is 26.7. The number of likely N-dealkylation sites (N-methyl/N-ethyl adjacent to an activating group) is 1. The van der Waals surface area contributed by atoms with E-state index >= 15 is 0 Å². The molecule has 0 aliphatic carbocycles. The molecule has 0 bridgehead atoms. The maximum atomic E-state index is 12.2. The van der Waals surface area contributed by atoms with Gasteiger partial charge in [0.25, 0.3) is 0 Å². The number of benzene rings is 1. The lowest BCUT2D eigenvalue weighted by molar-refractivity contribution is -0.124. The first-order valence-electron chi connectivity index (χ1n) is 9.07. The van der Waals surface area contributed by atoms with Crippen molar-refractivity contribution in [2.45, 2.75) is 33.0 Å². The van der Waals surface area contributed by atoms with Crippen molar-refractivity contribution in [3.63, 3.8) is 0 Å². The molecule has 28 heavy (non-hydrogen) atoms. The van der Waals surface area contributed by atoms with Crippen molar-refractivity contribution in [3.05, 3.63) is 46.2 Å². The SMILES string of the molecule is CCN(Cc1ccc(OCc2cccs2)c(OC)c1)[C@@H](C)C(=O)NC(=O)NC. The smallest absolute Gasteiger partial charge is 0.321 e. The molecule has 1 heterocycles. The van der Waals surface area contributed by atoms with Gasteiger partial charge in [0.05, 0.1) is 13.2 Å². The molecule has 152 valence electrons. The Morgan fingerprint density at radius 2 is 2.04 bits per heavy atom. The summed E-state index contributed by atoms with van der Waals surface area (Å²) in [7, 11) is 3.08. The van der Waals surface area contributed by atoms with Crippen LogP contribution in [0.3, 0.4) is 0 Å². The molecule has 1 atom stereocenters. The largest absolute Gasteiger partial charge is 0.493 e. The van der Waals surface area contributed by atoms with Crippen LogP contribution in [0.15, 0.2) is 35.7 Å². The Hall–Kier alpha value is -2.58. The zero-order valence-corrected chi connectivity index (χ0v) is 17.5. The van der Waals surface area contributed by atoms with Gasteiger partial charge in [-0.25, -0.2) is 4.79 Å². The number of nitrogens with zero attached hydrogens (tertiary/aromatic N) is 1. The van der Waals surface area contributed by atoms with Gasteiger partial charge in [-0.2, -0.15) is 0 Å². The van der Waals surface area contributed by atoms with Crippen LogP contribution in [0.1, 0.15) is 24.3 Å². The summed E-state index contributed by atoms with van der Waals surface area (Å²) in [5.74, 6) is 0.977. The molecule has 0 aliphatic heterocycles. The summed E-state index contributed by atoms with van der Waals surface area (Å²) < 4.78 is 11.3. The summed E-state index contributed by atoms with van der Waals surface area (Å²) in [6, 6.07) is 8.80. The second-order valence-corrected chi connectivity index (χ2v) is 7.19. The standard InChI is InChI=1S/C20H27N3O4S/c1-5-23(14(2)19(24)22-20(25)21-3)12-15-8-9-17(18(11-15)26-4)27-13-16-7-6-10-28-16/h6-11,14H,5,12-13H2,1-4H3,(H2,21,22,24,25)/t14-/m0/s1. The third kappa shape index (κ3) is 5.97. The van der Waals surface area contributed by atoms with E-state index in [-0.39, 0.29) is 5.91 Å². The van der Waals surface area contributed by atoms with E-state index in [1.54, 1.807) is 25.4 Å². The van der Waals surface area contributed by atoms with Crippen LogP contribution in [0.25, 0.3) is 0 Å². The number of hydrogen-bond donors (Lipinski definition) is 2. The third-order valence-corrected chi connectivity index (χ3v) is 5.21. The van der Waals surface area contributed by atoms with Crippen molar-refractivity contribution in [1.82, 2.24) is 15.5 Å². The Morgan fingerprint density at radius 3 is 2.64 bits per heavy atom. The van der Waals surface area contributed by atoms with Crippen molar-refractivity contribution < 1.29 is 19.1 Å². The Kier molecular flexibility index (Phi) is 8.28. The molecule has 3 amide bonds. The van der Waals surface area contributed by atoms with Crippen molar-refractivity contribution in [1.29, 1.82) is 0 Å². The minimum absolute atomic E-state index is 0.343. The van der Waals surface area contributed by atoms with Crippen LogP contribution >= 0.6 is 11.3 Å². The van der Waals surface area contributed by atoms with Crippen LogP contribution in [-0.2, 0) is 17.9 Å². The first kappa shape index (κ1) is 21.7. The number of carbonyl (C=O) groups excluding carboxylic acids is 2. The van der Waals surface area contributed by atoms with Gasteiger partial charge in [0, 0.05) is 18.5 Å². The van der Waals surface area contributed by atoms with Gasteiger partial charge in [-0.15, -0.1) is 11.3 Å². The molecule has 0 spiro atoms. The Labute approximate surface area is 169 Å². The summed E-state index contributed by atoms with van der Waals surface area (Å²) in [6.07, 6.45) is 0. The Morgan fingerprint density at radius 1 is 1.25 bits per heavy atom. The monoisotopic (exact) mass is 405 g/mol. The molecular formula is C20H27N3O4S. The molecule has 0 saturated carbocycles. The van der Waals surface area contributed by atoms with E-state index in [4.69, 9.17) is 9.47 Å². The van der Waals surface area contributed by atoms with Crippen molar-refractivity contribution in [2.75, 3.05) is 20.7 Å². The maximum Gasteiger partial charge on any atom is 0.321 e. The number of rotatable bonds is 9. The van der Waals surface area contributed by atoms with Crippen LogP contribution < -0.4 is 20.1 Å². The van der Waals surface area contributed by atoms with Crippen molar-refractivity contribution >= 4 is 23.3 Å². The number of methoxy groups -OCH3 is 1. The molecule has 0 fully saturated rings. The predicted octanol–water partition coefficient (Wildman–Crippen LogP) is 3.00. The molecule has 2 aromatic rings. The van der Waals surface area contributed by atoms with E-state index in [0.717, 1.165) is 10.4 Å². The van der Waals surface area contributed by atoms with Crippen LogP contribution in [0.2, 0.25) is 0 Å². The molecule has 0 aliphatic rings. The quantitative estimate of drug-likeness (QED) is 0.670. The molecule has 2 N–H and O–H groups in total. The number of imide groups is 1. The summed E-state index contributed by atoms with van der Waals surface area (Å²) >= 11 is 1.64. The highest BCUT2D eigenvalue weighted by molar-refractivity contribution is 7.09. The number of carbonyl (C=O) groups is 2. The summed E-state index contributed by atoms with van der Waals surface area (Å²) in [5.41, 5.74) is 0.988. The first-order chi connectivity index (χ1) is 13.5. The number of thiophene rings is 1. The second-order valence-electron chi connectivity index (χ2n) is 6.16. The van der Waals surface area contributed by atoms with E-state index in [2.05, 4.69) is 10.6 Å². The van der Waals surface area contributed by atoms with Gasteiger partial charge >= 0.3 is 6.03 Å². The van der Waals surface area contributed by atoms with Crippen molar-refractivity contribution in [2.24, 2.45) is 0 Å². The van der Waals surface area contributed by atoms with E-state index in [9.17, 15) is 9.59 Å². The fourth-order valence-corrected chi connectivity index (χ4v) is 3.29. The first-order valence-corrected chi connectivity index (χ1v) is 9.95. The van der Waals surface area contributed by atoms with Crippen LogP contribution in [0, 0.1) is 0 Å². The van der Waals surface area contributed by atoms with E-state index in [1.165, 1.54) is 7.05 Å². The minimum Gasteiger partial charge on any atom is -0.493 e. The lowest BCUT2D eigenvalue weighted by Gasteiger charge is -2.27. The summed E-state index contributed by atoms with van der Waals surface area (Å²) in [6.45, 7) is 5.43. The van der Waals surface area contributed by atoms with Gasteiger partial charge in [-0.05, 0) is 42.6 Å². The van der Waals surface area contributed by atoms with E-state index in [0.29, 0.717) is 31.2 Å². The van der Waals surface area contributed by atoms with E-state index < -0.39 is 12.1 Å². The molecule has 0 saturated heterocycles. The molecule has 1 aromatic carbocycles. The number of ether oxygens (including phenoxy) is 2. The lowest BCUT2D eigenvalue weighted by atomic mass is 10.1. The van der Waals surface area contributed by atoms with Gasteiger partial charge in [-0.3, -0.25) is 15.0 Å². The molecule has 2 rings (SSSR count). The Balaban J connectivity index is 2.04. The predicted molar refractivity (Wildman–Crippen MR) is 110 cm³/mol. The van der Waals surface area contributed by atoms with Gasteiger partial charge in [0.2, 0.25) is 5.91 Å². The molecular weight excluding hydrogens is 378 g/mol. The van der Waals surface area contributed by atoms with Gasteiger partial charge < -0.3 is 14.8 Å². The molecule has 1 aromatic heterocycles. The van der Waals surface area contributed by atoms with Gasteiger partial charge in [0.1, 0.15) is 6.61 Å². The number of hydrogen-bond acceptors (Lipinski definition) is 6. The average molecular weight is 406 g/mol. The number of amides is 3. The zero-order valence-electron chi connectivity index (χ0n) is 16.7. The minimum atomic E-state index is -0.512. The average Bonchev–Trinajstić information content (AvgIpc) is 3.23. The lowest BCUT2D eigenvalue weighted by Crippen LogP contribution is -2.48. The van der Waals surface area contributed by atoms with E-state index in [1.807, 2.05) is 47.5 Å². The number of urea groups is 1. The zero-order chi connectivity index (χ0) is 20.5. The molecule has 0 unspecified atom stereocenters. The van der Waals surface area contributed by atoms with Gasteiger partial charge in [0.15, 0.2) is 11.5 Å². The van der Waals surface area contributed by atoms with Crippen LogP contribution in [-0.4, -0.2) is 43.6 Å². The fourth-order valence-electron chi connectivity index (χ4n) is 2.67. The maximum absolute atomic E-state index is 12.2. The van der Waals surface area contributed by atoms with Crippen LogP contribution in [0.5, 0.6) is 11.5 Å². The van der Waals surface area contributed by atoms with Crippen LogP contribution in [0.4, 0.5) is 4.79 Å². The highest BCUT2D eigenvalue weighted by Gasteiger charge is 2.22. The Bertz CT molecular complexity index is 780. The molecule has 8 heteroatoms. The van der Waals surface area contributed by atoms with Crippen molar-refractivity contribution in [3.8, 4) is 11.5 Å². The molecule has 7 nitrogen and oxygen atoms in total. The van der Waals surface area contributed by atoms with Gasteiger partial charge in [-0.1, -0.05) is 19.1 Å². The normalized spacial score (nSPS) is 11.8. The highest BCUT2D eigenvalue weighted by atomic mass is 32.1. The highest BCUT2D eigenvalue weighted by Crippen LogP contribution is 2.30.